The molecule has 0 N–H and O–H groups in total. The highest BCUT2D eigenvalue weighted by Gasteiger charge is 2.45. The average Bonchev–Trinajstić information content (AvgIpc) is 3.31. The third-order valence-corrected chi connectivity index (χ3v) is 8.63. The lowest BCUT2D eigenvalue weighted by Gasteiger charge is -2.41. The van der Waals surface area contributed by atoms with Gasteiger partial charge >= 0.3 is 0 Å². The molecule has 0 atom stereocenters. The molecule has 8 aromatic carbocycles. The molecule has 0 fully saturated rings. The third-order valence-electron chi connectivity index (χ3n) is 8.63. The monoisotopic (exact) mass is 629 g/mol. The summed E-state index contributed by atoms with van der Waals surface area (Å²) in [6, 6.07) is 13.6. The lowest BCUT2D eigenvalue weighted by atomic mass is 9.63. The van der Waals surface area contributed by atoms with Gasteiger partial charge in [0, 0.05) is 11.1 Å². The minimum Gasteiger partial charge on any atom is -0.457 e. The summed E-state index contributed by atoms with van der Waals surface area (Å²) in [5, 5.41) is 2.22. The zero-order chi connectivity index (χ0) is 46.7. The predicted molar refractivity (Wildman–Crippen MR) is 199 cm³/mol. The molecule has 0 radical (unpaired) electrons. The first-order valence-corrected chi connectivity index (χ1v) is 15.1. The van der Waals surface area contributed by atoms with E-state index in [4.69, 9.17) is 17.1 Å². The summed E-state index contributed by atoms with van der Waals surface area (Å²) in [5.41, 5.74) is -2.41. The fraction of sp³-hybridized carbons (Fsp3) is 0.0213. The van der Waals surface area contributed by atoms with E-state index >= 15 is 0 Å². The molecule has 0 amide bonds. The van der Waals surface area contributed by atoms with Crippen molar-refractivity contribution in [2.45, 2.75) is 5.41 Å². The lowest BCUT2D eigenvalue weighted by molar-refractivity contribution is 0.435. The third kappa shape index (κ3) is 4.55. The Hall–Kier alpha value is -6.18. The average molecular weight is 630 g/mol. The first kappa shape index (κ1) is 15.6. The smallest absolute Gasteiger partial charge is 0.132 e. The summed E-state index contributed by atoms with van der Waals surface area (Å²) in [7, 11) is 0. The fourth-order valence-corrected chi connectivity index (χ4v) is 6.39. The summed E-state index contributed by atoms with van der Waals surface area (Å²) in [6.07, 6.45) is 0. The SMILES string of the molecule is [2H]c1c([2H])c([2H])c(C2(c3c([2H])c([2H])c([2H])c([2H])c3[2H])c3c([2H])c([2H])c([2H])c([2H])c3Oc3c([2H])c(-c4ccc(-c5ccc(-c6cccc7ccccc67)cc5)cc4)c([2H])c([2H])c32)c([2H])c1[2H]. The zero-order valence-electron chi connectivity index (χ0n) is 42.1. The van der Waals surface area contributed by atoms with Gasteiger partial charge in [-0.1, -0.05) is 182 Å². The van der Waals surface area contributed by atoms with Crippen molar-refractivity contribution in [2.75, 3.05) is 0 Å². The molecule has 0 bridgehead atoms. The van der Waals surface area contributed by atoms with Crippen LogP contribution in [-0.4, -0.2) is 0 Å². The Balaban J connectivity index is 1.33. The van der Waals surface area contributed by atoms with E-state index < -0.39 is 142 Å². The van der Waals surface area contributed by atoms with Crippen molar-refractivity contribution in [3.8, 4) is 44.9 Å². The Kier molecular flexibility index (Phi) is 3.76. The number of benzene rings is 8. The van der Waals surface area contributed by atoms with E-state index in [2.05, 4.69) is 24.3 Å². The van der Waals surface area contributed by atoms with Crippen LogP contribution >= 0.6 is 0 Å². The summed E-state index contributed by atoms with van der Waals surface area (Å²) in [6.45, 7) is 0. The standard InChI is InChI=1S/C47H32O/c1-3-14-39(15-4-1)47(40-16-5-2-6-17-40)43-20-9-10-21-45(43)48-46-32-38(30-31-44(46)47)35-24-22-33(23-25-35)34-26-28-37(29-27-34)42-19-11-13-36-12-7-8-18-41(36)42/h1-32H/i1D,2D,3D,4D,5D,6D,9D,10D,14D,15D,16D,17D,20D,21D,30D,31D,32D. The van der Waals surface area contributed by atoms with Crippen molar-refractivity contribution < 1.29 is 28.0 Å². The molecule has 0 aliphatic carbocycles. The molecule has 0 spiro atoms. The van der Waals surface area contributed by atoms with E-state index in [0.717, 1.165) is 33.0 Å². The van der Waals surface area contributed by atoms with Gasteiger partial charge in [0.25, 0.3) is 0 Å². The van der Waals surface area contributed by atoms with E-state index in [1.807, 2.05) is 42.5 Å². The van der Waals surface area contributed by atoms with Crippen LogP contribution < -0.4 is 4.74 Å². The summed E-state index contributed by atoms with van der Waals surface area (Å²) in [4.78, 5) is 0. The number of fused-ring (bicyclic) bond motifs is 3. The second kappa shape index (κ2) is 11.6. The summed E-state index contributed by atoms with van der Waals surface area (Å²) < 4.78 is 159. The van der Waals surface area contributed by atoms with Gasteiger partial charge in [0.2, 0.25) is 0 Å². The maximum Gasteiger partial charge on any atom is 0.132 e. The van der Waals surface area contributed by atoms with Gasteiger partial charge < -0.3 is 4.74 Å². The molecular weight excluding hydrogens is 581 g/mol. The van der Waals surface area contributed by atoms with E-state index in [-0.39, 0.29) is 11.1 Å². The highest BCUT2D eigenvalue weighted by molar-refractivity contribution is 5.96. The maximum atomic E-state index is 9.73. The number of ether oxygens (including phenoxy) is 1. The van der Waals surface area contributed by atoms with Crippen molar-refractivity contribution in [3.63, 3.8) is 0 Å². The number of hydrogen-bond acceptors (Lipinski definition) is 1. The van der Waals surface area contributed by atoms with Gasteiger partial charge in [-0.3, -0.25) is 0 Å². The van der Waals surface area contributed by atoms with Crippen molar-refractivity contribution in [3.05, 3.63) is 216 Å². The van der Waals surface area contributed by atoms with Gasteiger partial charge in [0.15, 0.2) is 0 Å². The van der Waals surface area contributed by atoms with Crippen LogP contribution in [0.15, 0.2) is 194 Å². The molecule has 1 heteroatoms. The van der Waals surface area contributed by atoms with Crippen LogP contribution in [0.2, 0.25) is 0 Å². The Bertz CT molecular complexity index is 3200. The van der Waals surface area contributed by atoms with Gasteiger partial charge in [-0.05, 0) is 67.4 Å². The molecular formula is C47H32O. The largest absolute Gasteiger partial charge is 0.457 e. The van der Waals surface area contributed by atoms with Gasteiger partial charge in [-0.25, -0.2) is 0 Å². The lowest BCUT2D eigenvalue weighted by Crippen LogP contribution is -2.34. The minimum atomic E-state index is -3.00. The molecule has 9 rings (SSSR count). The summed E-state index contributed by atoms with van der Waals surface area (Å²) in [5.74, 6) is -1.41. The predicted octanol–water partition coefficient (Wildman–Crippen LogP) is 12.3. The highest BCUT2D eigenvalue weighted by Crippen LogP contribution is 2.55. The van der Waals surface area contributed by atoms with Crippen molar-refractivity contribution in [1.82, 2.24) is 0 Å². The van der Waals surface area contributed by atoms with Gasteiger partial charge in [-0.2, -0.15) is 0 Å². The van der Waals surface area contributed by atoms with Gasteiger partial charge in [0.05, 0.1) is 28.7 Å². The molecule has 1 nitrogen and oxygen atoms in total. The number of para-hydroxylation sites is 1. The molecule has 226 valence electrons. The molecule has 0 aromatic heterocycles. The van der Waals surface area contributed by atoms with E-state index in [9.17, 15) is 11.0 Å². The van der Waals surface area contributed by atoms with E-state index in [1.54, 1.807) is 24.3 Å². The Labute approximate surface area is 305 Å². The quantitative estimate of drug-likeness (QED) is 0.184. The molecule has 0 unspecified atom stereocenters. The van der Waals surface area contributed by atoms with Crippen LogP contribution in [0.1, 0.15) is 45.6 Å². The molecule has 48 heavy (non-hydrogen) atoms. The van der Waals surface area contributed by atoms with Gasteiger partial charge in [0.1, 0.15) is 11.5 Å². The van der Waals surface area contributed by atoms with Crippen LogP contribution in [0.25, 0.3) is 44.2 Å². The Morgan fingerprint density at radius 1 is 0.417 bits per heavy atom. The van der Waals surface area contributed by atoms with Crippen LogP contribution in [0.4, 0.5) is 0 Å². The minimum absolute atomic E-state index is 0.188. The highest BCUT2D eigenvalue weighted by atomic mass is 16.5. The number of hydrogen-bond donors (Lipinski definition) is 0. The molecule has 0 saturated carbocycles. The van der Waals surface area contributed by atoms with Crippen LogP contribution in [-0.2, 0) is 5.41 Å². The van der Waals surface area contributed by atoms with E-state index in [1.165, 1.54) is 0 Å². The second-order valence-electron chi connectivity index (χ2n) is 11.2. The first-order valence-electron chi connectivity index (χ1n) is 23.6. The number of rotatable bonds is 5. The zero-order valence-corrected chi connectivity index (χ0v) is 25.1. The topological polar surface area (TPSA) is 9.23 Å². The maximum absolute atomic E-state index is 9.73. The van der Waals surface area contributed by atoms with Crippen molar-refractivity contribution in [2.24, 2.45) is 0 Å². The Morgan fingerprint density at radius 2 is 0.958 bits per heavy atom. The van der Waals surface area contributed by atoms with Crippen molar-refractivity contribution in [1.29, 1.82) is 0 Å². The fourth-order valence-electron chi connectivity index (χ4n) is 6.39. The van der Waals surface area contributed by atoms with Crippen molar-refractivity contribution >= 4 is 10.8 Å². The van der Waals surface area contributed by atoms with E-state index in [0.29, 0.717) is 0 Å². The first-order chi connectivity index (χ1) is 30.9. The molecule has 1 aliphatic heterocycles. The van der Waals surface area contributed by atoms with Crippen LogP contribution in [0.5, 0.6) is 11.5 Å². The van der Waals surface area contributed by atoms with Crippen LogP contribution in [0.3, 0.4) is 0 Å². The summed E-state index contributed by atoms with van der Waals surface area (Å²) >= 11 is 0. The van der Waals surface area contributed by atoms with Crippen LogP contribution in [0, 0.1) is 0 Å². The normalized spacial score (nSPS) is 17.9. The molecule has 1 aliphatic rings. The molecule has 8 aromatic rings. The Morgan fingerprint density at radius 3 is 1.65 bits per heavy atom. The van der Waals surface area contributed by atoms with Gasteiger partial charge in [-0.15, -0.1) is 0 Å². The second-order valence-corrected chi connectivity index (χ2v) is 11.2. The molecule has 0 saturated heterocycles. The molecule has 1 heterocycles.